The molecule has 5 nitrogen and oxygen atoms in total. The van der Waals surface area contributed by atoms with Gasteiger partial charge in [-0.3, -0.25) is 10.1 Å². The Bertz CT molecular complexity index is 1010. The molecule has 0 saturated carbocycles. The molecule has 2 aliphatic heterocycles. The van der Waals surface area contributed by atoms with Crippen molar-refractivity contribution >= 4 is 16.9 Å². The van der Waals surface area contributed by atoms with Crippen molar-refractivity contribution in [1.82, 2.24) is 10.3 Å². The van der Waals surface area contributed by atoms with Crippen molar-refractivity contribution in [2.24, 2.45) is 0 Å². The van der Waals surface area contributed by atoms with Gasteiger partial charge in [-0.05, 0) is 28.8 Å². The van der Waals surface area contributed by atoms with E-state index in [1.807, 2.05) is 18.2 Å². The van der Waals surface area contributed by atoms with Crippen molar-refractivity contribution in [1.29, 1.82) is 0 Å². The highest BCUT2D eigenvalue weighted by Gasteiger charge is 2.34. The maximum Gasteiger partial charge on any atom is 0.323 e. The van der Waals surface area contributed by atoms with E-state index in [4.69, 9.17) is 9.47 Å². The Hall–Kier alpha value is -2.79. The van der Waals surface area contributed by atoms with Gasteiger partial charge in [-0.2, -0.15) is 0 Å². The average Bonchev–Trinajstić information content (AvgIpc) is 3.30. The van der Waals surface area contributed by atoms with Crippen LogP contribution in [0.15, 0.2) is 42.5 Å². The summed E-state index contributed by atoms with van der Waals surface area (Å²) in [7, 11) is 1.44. The van der Waals surface area contributed by atoms with Crippen LogP contribution < -0.4 is 10.1 Å². The van der Waals surface area contributed by atoms with E-state index in [0.29, 0.717) is 6.42 Å². The van der Waals surface area contributed by atoms with E-state index in [-0.39, 0.29) is 18.1 Å². The van der Waals surface area contributed by atoms with E-state index < -0.39 is 0 Å². The summed E-state index contributed by atoms with van der Waals surface area (Å²) >= 11 is 0. The predicted octanol–water partition coefficient (Wildman–Crippen LogP) is 2.88. The number of fused-ring (bicyclic) bond motifs is 4. The van der Waals surface area contributed by atoms with Gasteiger partial charge in [0, 0.05) is 29.4 Å². The van der Waals surface area contributed by atoms with Gasteiger partial charge in [-0.25, -0.2) is 0 Å². The third-order valence-electron chi connectivity index (χ3n) is 5.44. The molecule has 26 heavy (non-hydrogen) atoms. The number of hydrogen-bond acceptors (Lipinski definition) is 4. The number of hydrogen-bond donors (Lipinski definition) is 2. The number of ether oxygens (including phenoxy) is 2. The van der Waals surface area contributed by atoms with Crippen LogP contribution in [0, 0.1) is 0 Å². The van der Waals surface area contributed by atoms with Crippen LogP contribution in [0.1, 0.15) is 28.4 Å². The lowest BCUT2D eigenvalue weighted by molar-refractivity contribution is -0.143. The van der Waals surface area contributed by atoms with Gasteiger partial charge in [0.05, 0.1) is 19.8 Å². The zero-order valence-electron chi connectivity index (χ0n) is 14.5. The van der Waals surface area contributed by atoms with Crippen molar-refractivity contribution in [2.45, 2.75) is 24.9 Å². The molecular weight excluding hydrogens is 328 g/mol. The Balaban J connectivity index is 1.65. The minimum absolute atomic E-state index is 0.0823. The van der Waals surface area contributed by atoms with Crippen LogP contribution in [0.5, 0.6) is 5.75 Å². The summed E-state index contributed by atoms with van der Waals surface area (Å²) in [6.07, 6.45) is 1.55. The molecule has 132 valence electrons. The van der Waals surface area contributed by atoms with Gasteiger partial charge in [0.15, 0.2) is 0 Å². The van der Waals surface area contributed by atoms with Crippen LogP contribution >= 0.6 is 0 Å². The van der Waals surface area contributed by atoms with Gasteiger partial charge in [0.2, 0.25) is 0 Å². The lowest BCUT2D eigenvalue weighted by atomic mass is 9.89. The quantitative estimate of drug-likeness (QED) is 0.699. The number of aromatic amines is 1. The van der Waals surface area contributed by atoms with Gasteiger partial charge in [-0.15, -0.1) is 0 Å². The fourth-order valence-electron chi connectivity index (χ4n) is 4.18. The second-order valence-electron chi connectivity index (χ2n) is 6.91. The van der Waals surface area contributed by atoms with Crippen LogP contribution in [0.3, 0.4) is 0 Å². The molecule has 5 heteroatoms. The number of esters is 1. The monoisotopic (exact) mass is 348 g/mol. The molecule has 2 unspecified atom stereocenters. The molecule has 0 aliphatic carbocycles. The smallest absolute Gasteiger partial charge is 0.323 e. The Labute approximate surface area is 151 Å². The molecule has 0 spiro atoms. The van der Waals surface area contributed by atoms with Crippen LogP contribution in [-0.2, 0) is 22.4 Å². The van der Waals surface area contributed by atoms with Gasteiger partial charge < -0.3 is 14.5 Å². The van der Waals surface area contributed by atoms with E-state index in [2.05, 4.69) is 34.6 Å². The Morgan fingerprint density at radius 2 is 2.12 bits per heavy atom. The van der Waals surface area contributed by atoms with Crippen molar-refractivity contribution < 1.29 is 14.3 Å². The molecule has 2 N–H and O–H groups in total. The minimum atomic E-state index is -0.360. The molecule has 5 rings (SSSR count). The maximum absolute atomic E-state index is 12.3. The summed E-state index contributed by atoms with van der Waals surface area (Å²) in [4.78, 5) is 15.8. The first-order valence-electron chi connectivity index (χ1n) is 8.93. The predicted molar refractivity (Wildman–Crippen MR) is 98.4 cm³/mol. The highest BCUT2D eigenvalue weighted by molar-refractivity contribution is 5.87. The van der Waals surface area contributed by atoms with E-state index >= 15 is 0 Å². The topological polar surface area (TPSA) is 63.4 Å². The van der Waals surface area contributed by atoms with Gasteiger partial charge in [0.1, 0.15) is 11.8 Å². The molecule has 2 aromatic carbocycles. The number of carbonyl (C=O) groups is 1. The molecule has 0 radical (unpaired) electrons. The Morgan fingerprint density at radius 1 is 1.23 bits per heavy atom. The number of aromatic nitrogens is 1. The van der Waals surface area contributed by atoms with Crippen LogP contribution in [-0.4, -0.2) is 30.7 Å². The van der Waals surface area contributed by atoms with E-state index in [9.17, 15) is 4.79 Å². The lowest BCUT2D eigenvalue weighted by Crippen LogP contribution is -2.45. The zero-order valence-corrected chi connectivity index (χ0v) is 14.5. The fourth-order valence-corrected chi connectivity index (χ4v) is 4.18. The summed E-state index contributed by atoms with van der Waals surface area (Å²) in [5, 5.41) is 4.66. The molecule has 3 heterocycles. The second kappa shape index (κ2) is 5.88. The van der Waals surface area contributed by atoms with Gasteiger partial charge in [0.25, 0.3) is 0 Å². The summed E-state index contributed by atoms with van der Waals surface area (Å²) in [6, 6.07) is 14.1. The molecular formula is C21H20N2O3. The lowest BCUT2D eigenvalue weighted by Gasteiger charge is -2.30. The molecule has 0 fully saturated rings. The number of rotatable bonds is 2. The highest BCUT2D eigenvalue weighted by Crippen LogP contribution is 2.37. The van der Waals surface area contributed by atoms with E-state index in [0.717, 1.165) is 35.6 Å². The first-order valence-corrected chi connectivity index (χ1v) is 8.93. The molecule has 3 aromatic rings. The number of H-pyrrole nitrogens is 1. The first-order chi connectivity index (χ1) is 12.7. The molecule has 1 aromatic heterocycles. The normalized spacial score (nSPS) is 21.1. The van der Waals surface area contributed by atoms with Gasteiger partial charge >= 0.3 is 5.97 Å². The molecule has 0 bridgehead atoms. The second-order valence-corrected chi connectivity index (χ2v) is 6.91. The summed E-state index contributed by atoms with van der Waals surface area (Å²) in [5.74, 6) is 0.737. The number of nitrogens with one attached hydrogen (secondary N) is 2. The third kappa shape index (κ3) is 2.31. The molecule has 2 aliphatic rings. The minimum Gasteiger partial charge on any atom is -0.493 e. The first kappa shape index (κ1) is 15.5. The summed E-state index contributed by atoms with van der Waals surface area (Å²) < 4.78 is 10.7. The molecule has 0 saturated heterocycles. The van der Waals surface area contributed by atoms with Crippen molar-refractivity contribution in [3.8, 4) is 5.75 Å². The maximum atomic E-state index is 12.3. The summed E-state index contributed by atoms with van der Waals surface area (Å²) in [5.41, 5.74) is 5.78. The highest BCUT2D eigenvalue weighted by atomic mass is 16.5. The van der Waals surface area contributed by atoms with Crippen LogP contribution in [0.4, 0.5) is 0 Å². The van der Waals surface area contributed by atoms with Crippen molar-refractivity contribution in [3.05, 3.63) is 64.8 Å². The molecule has 2 atom stereocenters. The number of methoxy groups -OCH3 is 1. The van der Waals surface area contributed by atoms with E-state index in [1.54, 1.807) is 0 Å². The van der Waals surface area contributed by atoms with Crippen molar-refractivity contribution in [3.63, 3.8) is 0 Å². The Kier molecular flexibility index (Phi) is 3.50. The van der Waals surface area contributed by atoms with Crippen LogP contribution in [0.2, 0.25) is 0 Å². The van der Waals surface area contributed by atoms with Crippen LogP contribution in [0.25, 0.3) is 10.9 Å². The van der Waals surface area contributed by atoms with Crippen molar-refractivity contribution in [2.75, 3.05) is 13.7 Å². The molecule has 0 amide bonds. The standard InChI is InChI=1S/C21H20N2O3/c1-25-21(24)17-11-15-14-4-2-3-5-16(14)22-20(15)19(23-17)13-6-7-18-12(10-13)8-9-26-18/h2-7,10,17,19,22-23H,8-9,11H2,1H3. The Morgan fingerprint density at radius 3 is 3.00 bits per heavy atom. The van der Waals surface area contributed by atoms with Gasteiger partial charge in [-0.1, -0.05) is 30.3 Å². The number of para-hydroxylation sites is 1. The third-order valence-corrected chi connectivity index (χ3v) is 5.44. The number of carbonyl (C=O) groups excluding carboxylic acids is 1. The SMILES string of the molecule is COC(=O)C1Cc2c([nH]c3ccccc23)C(c2ccc3c(c2)CCO3)N1. The van der Waals surface area contributed by atoms with E-state index in [1.165, 1.54) is 23.6 Å². The zero-order chi connectivity index (χ0) is 17.7. The largest absolute Gasteiger partial charge is 0.493 e. The average molecular weight is 348 g/mol. The summed E-state index contributed by atoms with van der Waals surface area (Å²) in [6.45, 7) is 0.735. The fraction of sp³-hybridized carbons (Fsp3) is 0.286. The number of benzene rings is 2.